The normalized spacial score (nSPS) is 15.9. The minimum absolute atomic E-state index is 0.0181. The molecule has 2 aliphatic rings. The smallest absolute Gasteiger partial charge is 0.259 e. The molecule has 208 valence electrons. The molecule has 0 spiro atoms. The third kappa shape index (κ3) is 5.03. The minimum Gasteiger partial charge on any atom is -0.497 e. The van der Waals surface area contributed by atoms with Crippen molar-refractivity contribution in [2.45, 2.75) is 6.54 Å². The number of carbonyl (C=O) groups is 1. The van der Waals surface area contributed by atoms with Crippen molar-refractivity contribution in [2.75, 3.05) is 64.6 Å². The van der Waals surface area contributed by atoms with Gasteiger partial charge in [0.2, 0.25) is 5.43 Å². The first-order valence-electron chi connectivity index (χ1n) is 13.1. The summed E-state index contributed by atoms with van der Waals surface area (Å²) < 4.78 is 34.8. The number of anilines is 1. The second kappa shape index (κ2) is 11.1. The summed E-state index contributed by atoms with van der Waals surface area (Å²) in [5, 5.41) is 8.71. The van der Waals surface area contributed by atoms with Crippen LogP contribution in [0.25, 0.3) is 16.6 Å². The molecule has 2 aromatic heterocycles. The fourth-order valence-corrected chi connectivity index (χ4v) is 5.07. The average molecular weight is 549 g/mol. The zero-order chi connectivity index (χ0) is 27.6. The van der Waals surface area contributed by atoms with Crippen LogP contribution in [0.3, 0.4) is 0 Å². The molecule has 11 nitrogen and oxygen atoms in total. The standard InChI is InChI=1S/C28H29FN6O5/c1-38-21-4-2-20(3-5-21)35-17-19(30-31-35)16-34-18-23(28(37)33-8-12-40-13-9-33)27(36)22-14-24(29)26(15-25(22)34)32-6-10-39-11-7-32/h2-5,14-15,17-18H,6-13,16H2,1H3. The Kier molecular flexibility index (Phi) is 7.18. The number of rotatable bonds is 6. The van der Waals surface area contributed by atoms with Crippen molar-refractivity contribution in [3.05, 3.63) is 76.1 Å². The largest absolute Gasteiger partial charge is 0.497 e. The fraction of sp³-hybridized carbons (Fsp3) is 0.357. The van der Waals surface area contributed by atoms with E-state index in [2.05, 4.69) is 10.3 Å². The number of carbonyl (C=O) groups excluding carboxylic acids is 1. The molecule has 0 atom stereocenters. The average Bonchev–Trinajstić information content (AvgIpc) is 3.47. The molecule has 40 heavy (non-hydrogen) atoms. The number of fused-ring (bicyclic) bond motifs is 1. The van der Waals surface area contributed by atoms with Gasteiger partial charge in [-0.25, -0.2) is 9.07 Å². The molecule has 12 heteroatoms. The highest BCUT2D eigenvalue weighted by atomic mass is 19.1. The second-order valence-electron chi connectivity index (χ2n) is 9.68. The molecule has 4 heterocycles. The first-order chi connectivity index (χ1) is 19.5. The van der Waals surface area contributed by atoms with Gasteiger partial charge in [0.1, 0.15) is 22.8 Å². The lowest BCUT2D eigenvalue weighted by molar-refractivity contribution is 0.0301. The molecule has 2 aliphatic heterocycles. The van der Waals surface area contributed by atoms with Gasteiger partial charge in [0.25, 0.3) is 5.91 Å². The fourth-order valence-electron chi connectivity index (χ4n) is 5.07. The number of benzene rings is 2. The maximum Gasteiger partial charge on any atom is 0.259 e. The monoisotopic (exact) mass is 548 g/mol. The van der Waals surface area contributed by atoms with Crippen molar-refractivity contribution >= 4 is 22.5 Å². The van der Waals surface area contributed by atoms with Crippen molar-refractivity contribution in [3.8, 4) is 11.4 Å². The van der Waals surface area contributed by atoms with Crippen LogP contribution in [0.5, 0.6) is 5.75 Å². The summed E-state index contributed by atoms with van der Waals surface area (Å²) in [6, 6.07) is 10.3. The van der Waals surface area contributed by atoms with Crippen LogP contribution < -0.4 is 15.1 Å². The van der Waals surface area contributed by atoms with Crippen molar-refractivity contribution in [1.29, 1.82) is 0 Å². The molecule has 0 saturated carbocycles. The van der Waals surface area contributed by atoms with Gasteiger partial charge in [0.05, 0.1) is 63.2 Å². The zero-order valence-electron chi connectivity index (χ0n) is 22.1. The van der Waals surface area contributed by atoms with Gasteiger partial charge in [0.15, 0.2) is 0 Å². The Labute approximate surface area is 229 Å². The molecule has 0 bridgehead atoms. The zero-order valence-corrected chi connectivity index (χ0v) is 22.1. The van der Waals surface area contributed by atoms with E-state index in [1.165, 1.54) is 6.07 Å². The van der Waals surface area contributed by atoms with Crippen LogP contribution in [0, 0.1) is 5.82 Å². The van der Waals surface area contributed by atoms with E-state index in [0.717, 1.165) is 11.4 Å². The summed E-state index contributed by atoms with van der Waals surface area (Å²) in [6.45, 7) is 3.85. The van der Waals surface area contributed by atoms with E-state index < -0.39 is 17.2 Å². The molecule has 0 N–H and O–H groups in total. The first kappa shape index (κ1) is 26.0. The molecule has 4 aromatic rings. The van der Waals surface area contributed by atoms with Crippen molar-refractivity contribution in [2.24, 2.45) is 0 Å². The number of ether oxygens (including phenoxy) is 3. The molecule has 2 saturated heterocycles. The lowest BCUT2D eigenvalue weighted by atomic mass is 10.1. The second-order valence-corrected chi connectivity index (χ2v) is 9.68. The van der Waals surface area contributed by atoms with Crippen molar-refractivity contribution in [3.63, 3.8) is 0 Å². The lowest BCUT2D eigenvalue weighted by Gasteiger charge is -2.30. The molecule has 0 radical (unpaired) electrons. The van der Waals surface area contributed by atoms with Gasteiger partial charge in [-0.2, -0.15) is 0 Å². The number of aromatic nitrogens is 4. The van der Waals surface area contributed by atoms with Crippen molar-refractivity contribution < 1.29 is 23.4 Å². The summed E-state index contributed by atoms with van der Waals surface area (Å²) in [7, 11) is 1.60. The van der Waals surface area contributed by atoms with Gasteiger partial charge in [-0.3, -0.25) is 9.59 Å². The molecule has 2 aromatic carbocycles. The molecule has 1 amide bonds. The number of nitrogens with zero attached hydrogens (tertiary/aromatic N) is 6. The van der Waals surface area contributed by atoms with E-state index in [0.29, 0.717) is 69.5 Å². The summed E-state index contributed by atoms with van der Waals surface area (Å²) in [5.74, 6) is -0.187. The molecule has 0 unspecified atom stereocenters. The summed E-state index contributed by atoms with van der Waals surface area (Å²) in [5.41, 5.74) is 1.77. The van der Waals surface area contributed by atoms with Gasteiger partial charge in [-0.05, 0) is 36.4 Å². The summed E-state index contributed by atoms with van der Waals surface area (Å²) in [4.78, 5) is 30.5. The Morgan fingerprint density at radius 1 is 1.00 bits per heavy atom. The maximum absolute atomic E-state index is 15.4. The van der Waals surface area contributed by atoms with Gasteiger partial charge in [-0.1, -0.05) is 5.21 Å². The van der Waals surface area contributed by atoms with Crippen LogP contribution in [-0.4, -0.2) is 90.1 Å². The summed E-state index contributed by atoms with van der Waals surface area (Å²) >= 11 is 0. The van der Waals surface area contributed by atoms with Crippen LogP contribution in [-0.2, 0) is 16.0 Å². The highest BCUT2D eigenvalue weighted by Crippen LogP contribution is 2.27. The topological polar surface area (TPSA) is 104 Å². The van der Waals surface area contributed by atoms with Crippen LogP contribution in [0.1, 0.15) is 16.1 Å². The quantitative estimate of drug-likeness (QED) is 0.361. The molecule has 2 fully saturated rings. The van der Waals surface area contributed by atoms with E-state index in [-0.39, 0.29) is 17.5 Å². The van der Waals surface area contributed by atoms with E-state index in [4.69, 9.17) is 14.2 Å². The Morgan fingerprint density at radius 3 is 2.40 bits per heavy atom. The maximum atomic E-state index is 15.4. The third-order valence-electron chi connectivity index (χ3n) is 7.24. The van der Waals surface area contributed by atoms with Gasteiger partial charge >= 0.3 is 0 Å². The highest BCUT2D eigenvalue weighted by molar-refractivity contribution is 5.98. The number of hydrogen-bond donors (Lipinski definition) is 0. The Morgan fingerprint density at radius 2 is 1.70 bits per heavy atom. The van der Waals surface area contributed by atoms with Gasteiger partial charge in [0, 0.05) is 37.8 Å². The van der Waals surface area contributed by atoms with Crippen LogP contribution in [0.15, 0.2) is 53.6 Å². The van der Waals surface area contributed by atoms with E-state index in [9.17, 15) is 9.59 Å². The van der Waals surface area contributed by atoms with E-state index in [1.807, 2.05) is 29.2 Å². The van der Waals surface area contributed by atoms with Crippen LogP contribution >= 0.6 is 0 Å². The SMILES string of the molecule is COc1ccc(-n2cc(Cn3cc(C(=O)N4CCOCC4)c(=O)c4cc(F)c(N5CCOCC5)cc43)nn2)cc1. The predicted octanol–water partition coefficient (Wildman–Crippen LogP) is 2.09. The number of halogens is 1. The van der Waals surface area contributed by atoms with Crippen LogP contribution in [0.2, 0.25) is 0 Å². The molecular weight excluding hydrogens is 519 g/mol. The van der Waals surface area contributed by atoms with Gasteiger partial charge in [-0.15, -0.1) is 5.10 Å². The minimum atomic E-state index is -0.514. The summed E-state index contributed by atoms with van der Waals surface area (Å²) in [6.07, 6.45) is 3.33. The number of morpholine rings is 2. The Bertz CT molecular complexity index is 1590. The third-order valence-corrected chi connectivity index (χ3v) is 7.24. The molecule has 0 aliphatic carbocycles. The number of methoxy groups -OCH3 is 1. The predicted molar refractivity (Wildman–Crippen MR) is 145 cm³/mol. The highest BCUT2D eigenvalue weighted by Gasteiger charge is 2.25. The number of pyridine rings is 1. The van der Waals surface area contributed by atoms with E-state index >= 15 is 4.39 Å². The Hall–Kier alpha value is -4.29. The van der Waals surface area contributed by atoms with Crippen molar-refractivity contribution in [1.82, 2.24) is 24.5 Å². The van der Waals surface area contributed by atoms with Gasteiger partial charge < -0.3 is 28.6 Å². The van der Waals surface area contributed by atoms with E-state index in [1.54, 1.807) is 39.7 Å². The Balaban J connectivity index is 1.42. The molecular formula is C28H29FN6O5. The number of amides is 1. The number of hydrogen-bond acceptors (Lipinski definition) is 8. The first-order valence-corrected chi connectivity index (χ1v) is 13.1. The van der Waals surface area contributed by atoms with Crippen LogP contribution in [0.4, 0.5) is 10.1 Å². The lowest BCUT2D eigenvalue weighted by Crippen LogP contribution is -2.42. The molecule has 6 rings (SSSR count).